The number of furan rings is 1. The van der Waals surface area contributed by atoms with Gasteiger partial charge >= 0.3 is 0 Å². The topological polar surface area (TPSA) is 82.0 Å². The summed E-state index contributed by atoms with van der Waals surface area (Å²) in [6.07, 6.45) is 4.02. The van der Waals surface area contributed by atoms with Gasteiger partial charge in [0.25, 0.3) is 0 Å². The maximum atomic E-state index is 12.7. The third-order valence-electron chi connectivity index (χ3n) is 3.43. The number of nitrogens with zero attached hydrogens (tertiary/aromatic N) is 2. The van der Waals surface area contributed by atoms with Crippen molar-refractivity contribution in [1.29, 1.82) is 0 Å². The number of nitrogens with two attached hydrogens (primary N) is 1. The number of nitrogen functional groups attached to an aromatic ring is 1. The van der Waals surface area contributed by atoms with E-state index in [0.717, 1.165) is 29.2 Å². The van der Waals surface area contributed by atoms with Gasteiger partial charge < -0.3 is 14.7 Å². The highest BCUT2D eigenvalue weighted by atomic mass is 31.2. The lowest BCUT2D eigenvalue weighted by molar-refractivity contribution is 0.518. The number of fused-ring (bicyclic) bond motifs is 1. The molecule has 2 N–H and O–H groups in total. The quantitative estimate of drug-likeness (QED) is 0.863. The summed E-state index contributed by atoms with van der Waals surface area (Å²) >= 11 is 0. The summed E-state index contributed by atoms with van der Waals surface area (Å²) in [4.78, 5) is 8.03. The van der Waals surface area contributed by atoms with E-state index >= 15 is 0 Å². The lowest BCUT2D eigenvalue weighted by Gasteiger charge is -2.03. The lowest BCUT2D eigenvalue weighted by atomic mass is 10.3. The first-order valence-electron chi connectivity index (χ1n) is 6.46. The summed E-state index contributed by atoms with van der Waals surface area (Å²) in [5.74, 6) is 1.68. The number of aromatic nitrogens is 2. The summed E-state index contributed by atoms with van der Waals surface area (Å²) in [5, 5.41) is 1.82. The van der Waals surface area contributed by atoms with Crippen molar-refractivity contribution in [3.8, 4) is 11.5 Å². The van der Waals surface area contributed by atoms with E-state index in [0.29, 0.717) is 17.6 Å². The molecule has 0 aliphatic carbocycles. The molecule has 0 fully saturated rings. The van der Waals surface area contributed by atoms with Crippen molar-refractivity contribution < 1.29 is 8.98 Å². The van der Waals surface area contributed by atoms with Crippen LogP contribution < -0.4 is 16.3 Å². The van der Waals surface area contributed by atoms with E-state index in [-0.39, 0.29) is 5.95 Å². The first-order valence-corrected chi connectivity index (χ1v) is 8.35. The van der Waals surface area contributed by atoms with Crippen LogP contribution in [0.4, 0.5) is 5.95 Å². The molecule has 6 heteroatoms. The molecule has 0 radical (unpaired) electrons. The van der Waals surface area contributed by atoms with Gasteiger partial charge in [0, 0.05) is 18.8 Å². The Bertz CT molecular complexity index is 693. The molecule has 100 valence electrons. The van der Waals surface area contributed by atoms with Gasteiger partial charge in [-0.3, -0.25) is 0 Å². The second kappa shape index (κ2) is 4.20. The van der Waals surface area contributed by atoms with Crippen LogP contribution in [0.5, 0.6) is 0 Å². The Morgan fingerprint density at radius 1 is 1.37 bits per heavy atom. The molecule has 0 bridgehead atoms. The van der Waals surface area contributed by atoms with Crippen molar-refractivity contribution in [3.63, 3.8) is 0 Å². The molecule has 3 rings (SSSR count). The molecule has 0 saturated heterocycles. The minimum atomic E-state index is -2.30. The van der Waals surface area contributed by atoms with Crippen molar-refractivity contribution in [2.45, 2.75) is 26.7 Å². The van der Waals surface area contributed by atoms with Gasteiger partial charge in [-0.1, -0.05) is 13.8 Å². The predicted molar refractivity (Wildman–Crippen MR) is 75.6 cm³/mol. The number of rotatable bonds is 4. The van der Waals surface area contributed by atoms with E-state index in [1.807, 2.05) is 6.92 Å². The fourth-order valence-electron chi connectivity index (χ4n) is 2.48. The largest absolute Gasteiger partial charge is 0.458 e. The van der Waals surface area contributed by atoms with Crippen LogP contribution in [0.25, 0.3) is 11.5 Å². The zero-order valence-electron chi connectivity index (χ0n) is 11.0. The smallest absolute Gasteiger partial charge is 0.220 e. The standard InChI is InChI=1S/C13H16N3O2P/c1-3-5-9-11-12(19(11,17)4-2)10(18-9)8-6-7-15-13(14)16-8/h6-7H,3-5H2,1-2H3,(H2,14,15,16). The van der Waals surface area contributed by atoms with Crippen LogP contribution in [-0.4, -0.2) is 16.1 Å². The summed E-state index contributed by atoms with van der Waals surface area (Å²) in [5.41, 5.74) is 6.22. The Kier molecular flexibility index (Phi) is 2.75. The zero-order valence-corrected chi connectivity index (χ0v) is 11.9. The molecule has 5 nitrogen and oxygen atoms in total. The van der Waals surface area contributed by atoms with Gasteiger partial charge in [0.1, 0.15) is 11.5 Å². The molecule has 3 heterocycles. The van der Waals surface area contributed by atoms with E-state index in [9.17, 15) is 4.57 Å². The Labute approximate surface area is 111 Å². The van der Waals surface area contributed by atoms with Crippen molar-refractivity contribution in [2.75, 3.05) is 11.9 Å². The van der Waals surface area contributed by atoms with E-state index < -0.39 is 7.14 Å². The average molecular weight is 277 g/mol. The fourth-order valence-corrected chi connectivity index (χ4v) is 5.25. The molecule has 0 amide bonds. The summed E-state index contributed by atoms with van der Waals surface area (Å²) in [6.45, 7) is 4.03. The summed E-state index contributed by atoms with van der Waals surface area (Å²) in [6, 6.07) is 1.74. The van der Waals surface area contributed by atoms with Crippen LogP contribution in [0.1, 0.15) is 26.0 Å². The second-order valence-corrected chi connectivity index (χ2v) is 7.66. The van der Waals surface area contributed by atoms with Gasteiger partial charge in [0.15, 0.2) is 12.9 Å². The SMILES string of the molecule is CCCc1oc(-c2ccnc(N)n2)c2c1P2(=O)CC. The van der Waals surface area contributed by atoms with Crippen molar-refractivity contribution in [2.24, 2.45) is 0 Å². The number of anilines is 1. The van der Waals surface area contributed by atoms with Crippen LogP contribution in [-0.2, 0) is 11.0 Å². The Morgan fingerprint density at radius 2 is 2.16 bits per heavy atom. The van der Waals surface area contributed by atoms with Gasteiger partial charge in [-0.2, -0.15) is 0 Å². The molecule has 1 aliphatic rings. The molecule has 2 aromatic rings. The molecular formula is C13H16N3O2P. The molecule has 0 aromatic carbocycles. The van der Waals surface area contributed by atoms with Crippen LogP contribution in [0, 0.1) is 0 Å². The molecule has 1 atom stereocenters. The first kappa shape index (κ1) is 12.4. The van der Waals surface area contributed by atoms with Crippen LogP contribution in [0.3, 0.4) is 0 Å². The van der Waals surface area contributed by atoms with Crippen molar-refractivity contribution in [1.82, 2.24) is 9.97 Å². The maximum absolute atomic E-state index is 12.7. The highest BCUT2D eigenvalue weighted by molar-refractivity contribution is 7.89. The minimum Gasteiger partial charge on any atom is -0.458 e. The monoisotopic (exact) mass is 277 g/mol. The van der Waals surface area contributed by atoms with E-state index in [1.165, 1.54) is 0 Å². The van der Waals surface area contributed by atoms with E-state index in [2.05, 4.69) is 16.9 Å². The Morgan fingerprint density at radius 3 is 2.79 bits per heavy atom. The zero-order chi connectivity index (χ0) is 13.6. The molecule has 0 saturated carbocycles. The summed E-state index contributed by atoms with van der Waals surface area (Å²) < 4.78 is 18.6. The van der Waals surface area contributed by atoms with E-state index in [1.54, 1.807) is 12.3 Å². The first-order chi connectivity index (χ1) is 9.11. The fraction of sp³-hybridized carbons (Fsp3) is 0.385. The Balaban J connectivity index is 2.13. The van der Waals surface area contributed by atoms with Gasteiger partial charge in [0.05, 0.1) is 10.6 Å². The average Bonchev–Trinajstić information content (AvgIpc) is 2.81. The second-order valence-electron chi connectivity index (χ2n) is 4.66. The third kappa shape index (κ3) is 1.72. The molecule has 1 aliphatic heterocycles. The predicted octanol–water partition coefficient (Wildman–Crippen LogP) is 1.92. The maximum Gasteiger partial charge on any atom is 0.220 e. The van der Waals surface area contributed by atoms with Crippen LogP contribution >= 0.6 is 7.14 Å². The van der Waals surface area contributed by atoms with Gasteiger partial charge in [-0.25, -0.2) is 9.97 Å². The van der Waals surface area contributed by atoms with Crippen molar-refractivity contribution in [3.05, 3.63) is 18.0 Å². The highest BCUT2D eigenvalue weighted by Crippen LogP contribution is 2.59. The third-order valence-corrected chi connectivity index (χ3v) is 6.44. The molecule has 0 spiro atoms. The normalized spacial score (nSPS) is 20.3. The summed E-state index contributed by atoms with van der Waals surface area (Å²) in [7, 11) is -2.30. The number of hydrogen-bond donors (Lipinski definition) is 1. The van der Waals surface area contributed by atoms with Crippen molar-refractivity contribution >= 4 is 23.7 Å². The number of aryl methyl sites for hydroxylation is 1. The Hall–Kier alpha value is -1.61. The van der Waals surface area contributed by atoms with E-state index in [4.69, 9.17) is 10.2 Å². The van der Waals surface area contributed by atoms with Gasteiger partial charge in [-0.05, 0) is 12.5 Å². The van der Waals surface area contributed by atoms with Crippen LogP contribution in [0.2, 0.25) is 0 Å². The minimum absolute atomic E-state index is 0.201. The van der Waals surface area contributed by atoms with Gasteiger partial charge in [-0.15, -0.1) is 0 Å². The molecule has 19 heavy (non-hydrogen) atoms. The molecule has 2 aromatic heterocycles. The van der Waals surface area contributed by atoms with Crippen LogP contribution in [0.15, 0.2) is 16.7 Å². The molecular weight excluding hydrogens is 261 g/mol. The van der Waals surface area contributed by atoms with Gasteiger partial charge in [0.2, 0.25) is 5.95 Å². The molecule has 1 unspecified atom stereocenters. The lowest BCUT2D eigenvalue weighted by Crippen LogP contribution is -1.97. The number of hydrogen-bond acceptors (Lipinski definition) is 5. The highest BCUT2D eigenvalue weighted by Gasteiger charge is 2.53.